The van der Waals surface area contributed by atoms with Crippen LogP contribution in [-0.2, 0) is 20.9 Å². The lowest BCUT2D eigenvalue weighted by atomic mass is 10.1. The van der Waals surface area contributed by atoms with Crippen LogP contribution in [0.3, 0.4) is 0 Å². The van der Waals surface area contributed by atoms with E-state index in [4.69, 9.17) is 4.74 Å². The molecular weight excluding hydrogens is 272 g/mol. The summed E-state index contributed by atoms with van der Waals surface area (Å²) in [6.45, 7) is 3.94. The first-order valence-electron chi connectivity index (χ1n) is 6.55. The molecule has 0 saturated heterocycles. The van der Waals surface area contributed by atoms with E-state index >= 15 is 0 Å². The van der Waals surface area contributed by atoms with Crippen molar-refractivity contribution >= 4 is 24.0 Å². The predicted molar refractivity (Wildman–Crippen MR) is 82.6 cm³/mol. The lowest BCUT2D eigenvalue weighted by Gasteiger charge is -2.23. The van der Waals surface area contributed by atoms with E-state index < -0.39 is 4.75 Å². The molecule has 0 unspecified atom stereocenters. The number of hydrogen-bond donors (Lipinski definition) is 0. The van der Waals surface area contributed by atoms with Crippen molar-refractivity contribution in [3.63, 3.8) is 0 Å². The van der Waals surface area contributed by atoms with Crippen LogP contribution in [0.1, 0.15) is 25.8 Å². The summed E-state index contributed by atoms with van der Waals surface area (Å²) in [5, 5.41) is 0. The molecule has 0 aliphatic rings. The van der Waals surface area contributed by atoms with Crippen molar-refractivity contribution in [3.8, 4) is 0 Å². The molecule has 1 atom stereocenters. The zero-order valence-corrected chi connectivity index (χ0v) is 12.7. The molecule has 0 spiro atoms. The van der Waals surface area contributed by atoms with Gasteiger partial charge < -0.3 is 9.53 Å². The van der Waals surface area contributed by atoms with Crippen LogP contribution in [0.5, 0.6) is 0 Å². The first-order valence-corrected chi connectivity index (χ1v) is 7.53. The summed E-state index contributed by atoms with van der Waals surface area (Å²) in [4.78, 5) is 22.6. The zero-order chi connectivity index (χ0) is 14.8. The monoisotopic (exact) mass is 292 g/mol. The number of thioether (sulfide) groups is 1. The molecular formula is C16H20O3S. The van der Waals surface area contributed by atoms with Gasteiger partial charge in [0.25, 0.3) is 0 Å². The molecule has 0 fully saturated rings. The second-order valence-electron chi connectivity index (χ2n) is 4.47. The van der Waals surface area contributed by atoms with E-state index in [0.29, 0.717) is 12.2 Å². The maximum atomic E-state index is 12.2. The third kappa shape index (κ3) is 5.21. The normalized spacial score (nSPS) is 13.9. The number of aldehydes is 1. The minimum Gasteiger partial charge on any atom is -0.460 e. The molecule has 1 aromatic carbocycles. The van der Waals surface area contributed by atoms with Crippen LogP contribution in [0.15, 0.2) is 42.5 Å². The fourth-order valence-corrected chi connectivity index (χ4v) is 2.73. The van der Waals surface area contributed by atoms with E-state index in [0.717, 1.165) is 11.8 Å². The summed E-state index contributed by atoms with van der Waals surface area (Å²) in [6, 6.07) is 9.57. The Bertz CT molecular complexity index is 456. The number of benzene rings is 1. The highest BCUT2D eigenvalue weighted by Gasteiger charge is 2.32. The standard InChI is InChI=1S/C16H20O3S/c1-3-10-16(2,20-12-7-11-17)15(18)19-13-14-8-5-4-6-9-14/h3-6,8-11H,7,12-13H2,1-2H3/b10-3+/t16-/m0/s1. The van der Waals surface area contributed by atoms with Gasteiger partial charge in [0.1, 0.15) is 17.6 Å². The third-order valence-electron chi connectivity index (χ3n) is 2.74. The van der Waals surface area contributed by atoms with Crippen molar-refractivity contribution in [2.75, 3.05) is 5.75 Å². The maximum Gasteiger partial charge on any atom is 0.326 e. The fourth-order valence-electron chi connectivity index (χ4n) is 1.68. The second-order valence-corrected chi connectivity index (χ2v) is 6.02. The molecule has 3 nitrogen and oxygen atoms in total. The Hall–Kier alpha value is -1.55. The van der Waals surface area contributed by atoms with Gasteiger partial charge in [-0.15, -0.1) is 11.8 Å². The number of allylic oxidation sites excluding steroid dienone is 1. The van der Waals surface area contributed by atoms with Crippen LogP contribution in [0, 0.1) is 0 Å². The smallest absolute Gasteiger partial charge is 0.326 e. The molecule has 1 aromatic rings. The largest absolute Gasteiger partial charge is 0.460 e. The summed E-state index contributed by atoms with van der Waals surface area (Å²) in [7, 11) is 0. The number of rotatable bonds is 8. The first kappa shape index (κ1) is 16.5. The van der Waals surface area contributed by atoms with Crippen LogP contribution in [0.2, 0.25) is 0 Å². The molecule has 0 aliphatic carbocycles. The molecule has 20 heavy (non-hydrogen) atoms. The zero-order valence-electron chi connectivity index (χ0n) is 11.9. The Morgan fingerprint density at radius 1 is 1.35 bits per heavy atom. The molecule has 0 bridgehead atoms. The fraction of sp³-hybridized carbons (Fsp3) is 0.375. The Labute approximate surface area is 124 Å². The molecule has 1 rings (SSSR count). The molecule has 0 heterocycles. The topological polar surface area (TPSA) is 43.4 Å². The van der Waals surface area contributed by atoms with E-state index in [1.54, 1.807) is 0 Å². The van der Waals surface area contributed by atoms with Gasteiger partial charge in [-0.1, -0.05) is 42.5 Å². The SMILES string of the molecule is C/C=C/[C@](C)(SCCC=O)C(=O)OCc1ccccc1. The number of ether oxygens (including phenoxy) is 1. The lowest BCUT2D eigenvalue weighted by Crippen LogP contribution is -2.32. The van der Waals surface area contributed by atoms with Gasteiger partial charge in [-0.05, 0) is 19.4 Å². The average Bonchev–Trinajstić information content (AvgIpc) is 2.46. The quantitative estimate of drug-likeness (QED) is 0.319. The number of esters is 1. The molecule has 108 valence electrons. The average molecular weight is 292 g/mol. The van der Waals surface area contributed by atoms with E-state index in [9.17, 15) is 9.59 Å². The molecule has 0 aromatic heterocycles. The van der Waals surface area contributed by atoms with Crippen molar-refractivity contribution in [2.45, 2.75) is 31.6 Å². The van der Waals surface area contributed by atoms with Crippen LogP contribution >= 0.6 is 11.8 Å². The Morgan fingerprint density at radius 2 is 2.05 bits per heavy atom. The molecule has 4 heteroatoms. The van der Waals surface area contributed by atoms with Crippen LogP contribution in [0.4, 0.5) is 0 Å². The van der Waals surface area contributed by atoms with Crippen molar-refractivity contribution < 1.29 is 14.3 Å². The minimum absolute atomic E-state index is 0.265. The number of hydrogen-bond acceptors (Lipinski definition) is 4. The van der Waals surface area contributed by atoms with E-state index in [1.165, 1.54) is 11.8 Å². The van der Waals surface area contributed by atoms with Gasteiger partial charge in [-0.3, -0.25) is 4.79 Å². The Balaban J connectivity index is 2.61. The molecule has 0 saturated carbocycles. The van der Waals surface area contributed by atoms with Crippen molar-refractivity contribution in [1.82, 2.24) is 0 Å². The van der Waals surface area contributed by atoms with E-state index in [1.807, 2.05) is 56.3 Å². The highest BCUT2D eigenvalue weighted by atomic mass is 32.2. The summed E-state index contributed by atoms with van der Waals surface area (Å²) < 4.78 is 4.63. The number of carbonyl (C=O) groups is 2. The number of carbonyl (C=O) groups excluding carboxylic acids is 2. The van der Waals surface area contributed by atoms with E-state index in [-0.39, 0.29) is 12.6 Å². The van der Waals surface area contributed by atoms with Crippen molar-refractivity contribution in [1.29, 1.82) is 0 Å². The van der Waals surface area contributed by atoms with Gasteiger partial charge in [0, 0.05) is 12.2 Å². The predicted octanol–water partition coefficient (Wildman–Crippen LogP) is 3.39. The molecule has 0 radical (unpaired) electrons. The van der Waals surface area contributed by atoms with Gasteiger partial charge >= 0.3 is 5.97 Å². The van der Waals surface area contributed by atoms with Crippen molar-refractivity contribution in [2.24, 2.45) is 0 Å². The summed E-state index contributed by atoms with van der Waals surface area (Å²) in [5.74, 6) is 0.320. The van der Waals surface area contributed by atoms with Gasteiger partial charge in [0.15, 0.2) is 0 Å². The third-order valence-corrected chi connectivity index (χ3v) is 4.08. The summed E-state index contributed by atoms with van der Waals surface area (Å²) in [6.07, 6.45) is 4.94. The van der Waals surface area contributed by atoms with Crippen molar-refractivity contribution in [3.05, 3.63) is 48.0 Å². The minimum atomic E-state index is -0.744. The van der Waals surface area contributed by atoms with Gasteiger partial charge in [-0.25, -0.2) is 0 Å². The van der Waals surface area contributed by atoms with E-state index in [2.05, 4.69) is 0 Å². The molecule has 0 N–H and O–H groups in total. The highest BCUT2D eigenvalue weighted by Crippen LogP contribution is 2.29. The Morgan fingerprint density at radius 3 is 2.65 bits per heavy atom. The van der Waals surface area contributed by atoms with Gasteiger partial charge in [0.05, 0.1) is 0 Å². The van der Waals surface area contributed by atoms with Crippen LogP contribution in [0.25, 0.3) is 0 Å². The highest BCUT2D eigenvalue weighted by molar-refractivity contribution is 8.01. The second kappa shape index (κ2) is 8.59. The maximum absolute atomic E-state index is 12.2. The first-order chi connectivity index (χ1) is 9.62. The molecule has 0 aliphatic heterocycles. The lowest BCUT2D eigenvalue weighted by molar-refractivity contribution is -0.146. The molecule has 0 amide bonds. The van der Waals surface area contributed by atoms with Crippen LogP contribution in [-0.4, -0.2) is 22.8 Å². The van der Waals surface area contributed by atoms with Gasteiger partial charge in [0.2, 0.25) is 0 Å². The van der Waals surface area contributed by atoms with Gasteiger partial charge in [-0.2, -0.15) is 0 Å². The summed E-state index contributed by atoms with van der Waals surface area (Å²) in [5.41, 5.74) is 0.960. The summed E-state index contributed by atoms with van der Waals surface area (Å²) >= 11 is 1.42. The Kier molecular flexibility index (Phi) is 7.09. The van der Waals surface area contributed by atoms with Crippen LogP contribution < -0.4 is 0 Å².